The topological polar surface area (TPSA) is 81.4 Å². The van der Waals surface area contributed by atoms with Gasteiger partial charge in [0.15, 0.2) is 0 Å². The highest BCUT2D eigenvalue weighted by Gasteiger charge is 2.22. The molecule has 1 aromatic carbocycles. The Labute approximate surface area is 130 Å². The van der Waals surface area contributed by atoms with Crippen molar-refractivity contribution in [1.82, 2.24) is 4.72 Å². The number of halogens is 1. The van der Waals surface area contributed by atoms with Crippen LogP contribution in [0.3, 0.4) is 0 Å². The average Bonchev–Trinajstić information content (AvgIpc) is 2.38. The van der Waals surface area contributed by atoms with Crippen LogP contribution in [0.4, 0.5) is 0 Å². The number of benzene rings is 1. The largest absolute Gasteiger partial charge is 0.492 e. The minimum atomic E-state index is -3.64. The summed E-state index contributed by atoms with van der Waals surface area (Å²) in [5.41, 5.74) is 5.37. The van der Waals surface area contributed by atoms with E-state index in [-0.39, 0.29) is 4.90 Å². The monoisotopic (exact) mass is 332 g/mol. The first kappa shape index (κ1) is 16.5. The van der Waals surface area contributed by atoms with Gasteiger partial charge >= 0.3 is 0 Å². The second-order valence-electron chi connectivity index (χ2n) is 5.24. The molecule has 5 nitrogen and oxygen atoms in total. The third-order valence-electron chi connectivity index (χ3n) is 3.57. The highest BCUT2D eigenvalue weighted by molar-refractivity contribution is 7.89. The van der Waals surface area contributed by atoms with Gasteiger partial charge in [-0.1, -0.05) is 18.0 Å². The number of nitrogens with two attached hydrogens (primary N) is 1. The molecule has 0 atom stereocenters. The standard InChI is InChI=1S/C14H21ClN2O3S/c15-12-5-6-13(20-10-11-3-1-4-11)14(9-12)21(18,19)17-8-2-7-16/h5-6,9,11,17H,1-4,7-8,10,16H2. The molecule has 0 radical (unpaired) electrons. The van der Waals surface area contributed by atoms with Crippen LogP contribution in [0.5, 0.6) is 5.75 Å². The second kappa shape index (κ2) is 7.45. The minimum Gasteiger partial charge on any atom is -0.492 e. The SMILES string of the molecule is NCCCNS(=O)(=O)c1cc(Cl)ccc1OCC1CCC1. The van der Waals surface area contributed by atoms with E-state index < -0.39 is 10.0 Å². The molecule has 0 aromatic heterocycles. The van der Waals surface area contributed by atoms with Crippen LogP contribution in [0.15, 0.2) is 23.1 Å². The van der Waals surface area contributed by atoms with Crippen LogP contribution >= 0.6 is 11.6 Å². The molecule has 0 saturated heterocycles. The molecular formula is C14H21ClN2O3S. The van der Waals surface area contributed by atoms with Gasteiger partial charge in [0.25, 0.3) is 0 Å². The third-order valence-corrected chi connectivity index (χ3v) is 5.28. The lowest BCUT2D eigenvalue weighted by Crippen LogP contribution is -2.27. The minimum absolute atomic E-state index is 0.0892. The molecule has 1 fully saturated rings. The maximum atomic E-state index is 12.3. The summed E-state index contributed by atoms with van der Waals surface area (Å²) in [5, 5.41) is 0.366. The van der Waals surface area contributed by atoms with Crippen LogP contribution in [0.25, 0.3) is 0 Å². The van der Waals surface area contributed by atoms with Crippen molar-refractivity contribution in [2.75, 3.05) is 19.7 Å². The fourth-order valence-corrected chi connectivity index (χ4v) is 3.54. The van der Waals surface area contributed by atoms with E-state index in [4.69, 9.17) is 22.1 Å². The van der Waals surface area contributed by atoms with E-state index in [1.165, 1.54) is 12.5 Å². The zero-order chi connectivity index (χ0) is 15.3. The number of hydrogen-bond donors (Lipinski definition) is 2. The summed E-state index contributed by atoms with van der Waals surface area (Å²) >= 11 is 5.92. The summed E-state index contributed by atoms with van der Waals surface area (Å²) in [6.07, 6.45) is 4.09. The van der Waals surface area contributed by atoms with Crippen LogP contribution in [0.1, 0.15) is 25.7 Å². The van der Waals surface area contributed by atoms with E-state index in [0.717, 1.165) is 12.8 Å². The highest BCUT2D eigenvalue weighted by atomic mass is 35.5. The van der Waals surface area contributed by atoms with Gasteiger partial charge in [0.1, 0.15) is 10.6 Å². The van der Waals surface area contributed by atoms with Crippen LogP contribution in [0, 0.1) is 5.92 Å². The number of rotatable bonds is 8. The molecule has 0 bridgehead atoms. The van der Waals surface area contributed by atoms with Crippen LogP contribution < -0.4 is 15.2 Å². The molecule has 0 amide bonds. The Kier molecular flexibility index (Phi) is 5.87. The molecule has 0 aliphatic heterocycles. The van der Waals surface area contributed by atoms with Crippen molar-refractivity contribution in [1.29, 1.82) is 0 Å². The molecule has 3 N–H and O–H groups in total. The molecule has 1 aliphatic carbocycles. The molecule has 0 unspecified atom stereocenters. The molecule has 1 saturated carbocycles. The quantitative estimate of drug-likeness (QED) is 0.715. The lowest BCUT2D eigenvalue weighted by Gasteiger charge is -2.25. The van der Waals surface area contributed by atoms with Gasteiger partial charge in [-0.15, -0.1) is 0 Å². The van der Waals surface area contributed by atoms with E-state index in [0.29, 0.717) is 42.8 Å². The number of nitrogens with one attached hydrogen (secondary N) is 1. The fourth-order valence-electron chi connectivity index (χ4n) is 2.06. The summed E-state index contributed by atoms with van der Waals surface area (Å²) in [5.74, 6) is 0.882. The van der Waals surface area contributed by atoms with Crippen LogP contribution in [-0.2, 0) is 10.0 Å². The average molecular weight is 333 g/mol. The molecule has 7 heteroatoms. The van der Waals surface area contributed by atoms with Gasteiger partial charge < -0.3 is 10.5 Å². The van der Waals surface area contributed by atoms with Crippen molar-refractivity contribution in [3.05, 3.63) is 23.2 Å². The molecule has 21 heavy (non-hydrogen) atoms. The summed E-state index contributed by atoms with van der Waals surface area (Å²) in [7, 11) is -3.64. The lowest BCUT2D eigenvalue weighted by molar-refractivity contribution is 0.177. The summed E-state index contributed by atoms with van der Waals surface area (Å²) in [4.78, 5) is 0.0892. The Balaban J connectivity index is 2.12. The first-order valence-electron chi connectivity index (χ1n) is 7.15. The summed E-state index contributed by atoms with van der Waals surface area (Å²) in [6, 6.07) is 4.66. The fraction of sp³-hybridized carbons (Fsp3) is 0.571. The number of sulfonamides is 1. The van der Waals surface area contributed by atoms with E-state index in [2.05, 4.69) is 4.72 Å². The maximum Gasteiger partial charge on any atom is 0.244 e. The Morgan fingerprint density at radius 2 is 2.14 bits per heavy atom. The maximum absolute atomic E-state index is 12.3. The van der Waals surface area contributed by atoms with E-state index in [9.17, 15) is 8.42 Å². The zero-order valence-corrected chi connectivity index (χ0v) is 13.4. The van der Waals surface area contributed by atoms with E-state index >= 15 is 0 Å². The van der Waals surface area contributed by atoms with Gasteiger partial charge in [0.2, 0.25) is 10.0 Å². The second-order valence-corrected chi connectivity index (χ2v) is 7.41. The van der Waals surface area contributed by atoms with E-state index in [1.807, 2.05) is 0 Å². The Hall–Kier alpha value is -0.820. The van der Waals surface area contributed by atoms with Crippen molar-refractivity contribution >= 4 is 21.6 Å². The molecular weight excluding hydrogens is 312 g/mol. The molecule has 118 valence electrons. The van der Waals surface area contributed by atoms with Gasteiger partial charge in [-0.05, 0) is 49.9 Å². The number of hydrogen-bond acceptors (Lipinski definition) is 4. The third kappa shape index (κ3) is 4.57. The van der Waals surface area contributed by atoms with Crippen molar-refractivity contribution in [3.8, 4) is 5.75 Å². The molecule has 0 spiro atoms. The predicted octanol–water partition coefficient (Wildman–Crippen LogP) is 2.15. The van der Waals surface area contributed by atoms with Gasteiger partial charge in [0, 0.05) is 11.6 Å². The molecule has 1 aliphatic rings. The number of ether oxygens (including phenoxy) is 1. The van der Waals surface area contributed by atoms with Crippen molar-refractivity contribution in [2.24, 2.45) is 11.7 Å². The Morgan fingerprint density at radius 1 is 1.38 bits per heavy atom. The van der Waals surface area contributed by atoms with Crippen molar-refractivity contribution in [2.45, 2.75) is 30.6 Å². The van der Waals surface area contributed by atoms with Crippen molar-refractivity contribution in [3.63, 3.8) is 0 Å². The Morgan fingerprint density at radius 3 is 2.76 bits per heavy atom. The van der Waals surface area contributed by atoms with Gasteiger partial charge in [-0.3, -0.25) is 0 Å². The smallest absolute Gasteiger partial charge is 0.244 e. The first-order valence-corrected chi connectivity index (χ1v) is 9.01. The summed E-state index contributed by atoms with van der Waals surface area (Å²) < 4.78 is 32.8. The molecule has 0 heterocycles. The highest BCUT2D eigenvalue weighted by Crippen LogP contribution is 2.31. The van der Waals surface area contributed by atoms with Gasteiger partial charge in [-0.25, -0.2) is 13.1 Å². The summed E-state index contributed by atoms with van der Waals surface area (Å²) in [6.45, 7) is 1.28. The molecule has 2 rings (SSSR count). The van der Waals surface area contributed by atoms with Crippen LogP contribution in [0.2, 0.25) is 5.02 Å². The van der Waals surface area contributed by atoms with Crippen LogP contribution in [-0.4, -0.2) is 28.1 Å². The first-order chi connectivity index (χ1) is 10.0. The van der Waals surface area contributed by atoms with Gasteiger partial charge in [0.05, 0.1) is 6.61 Å². The normalized spacial score (nSPS) is 15.7. The zero-order valence-electron chi connectivity index (χ0n) is 11.8. The Bertz CT molecular complexity index is 574. The lowest BCUT2D eigenvalue weighted by atomic mass is 9.86. The predicted molar refractivity (Wildman–Crippen MR) is 83.1 cm³/mol. The van der Waals surface area contributed by atoms with Gasteiger partial charge in [-0.2, -0.15) is 0 Å². The van der Waals surface area contributed by atoms with E-state index in [1.54, 1.807) is 12.1 Å². The molecule has 1 aromatic rings. The van der Waals surface area contributed by atoms with Crippen molar-refractivity contribution < 1.29 is 13.2 Å².